The van der Waals surface area contributed by atoms with Crippen LogP contribution in [0.4, 0.5) is 0 Å². The van der Waals surface area contributed by atoms with E-state index in [0.29, 0.717) is 32.2 Å². The number of carbonyl (C=O) groups excluding carboxylic acids is 4. The molecule has 0 radical (unpaired) electrons. The molecule has 0 spiro atoms. The molecular formula is C66H111NO9. The Hall–Kier alpha value is -3.76. The minimum atomic E-state index is -1.05. The highest BCUT2D eigenvalue weighted by Crippen LogP contribution is 2.28. The summed E-state index contributed by atoms with van der Waals surface area (Å²) >= 11 is 0. The summed E-state index contributed by atoms with van der Waals surface area (Å²) in [6, 6.07) is 0. The lowest BCUT2D eigenvalue weighted by atomic mass is 10.0. The Morgan fingerprint density at radius 3 is 1.28 bits per heavy atom. The fourth-order valence-corrected chi connectivity index (χ4v) is 9.68. The first-order valence-corrected chi connectivity index (χ1v) is 31.2. The van der Waals surface area contributed by atoms with Crippen molar-refractivity contribution in [1.29, 1.82) is 0 Å². The Balaban J connectivity index is 1.97. The second-order valence-electron chi connectivity index (χ2n) is 21.6. The zero-order valence-electron chi connectivity index (χ0n) is 48.9. The summed E-state index contributed by atoms with van der Waals surface area (Å²) in [5.74, 6) is -1.84. The van der Waals surface area contributed by atoms with Crippen molar-refractivity contribution in [2.45, 2.75) is 283 Å². The Morgan fingerprint density at radius 1 is 0.487 bits per heavy atom. The van der Waals surface area contributed by atoms with Crippen LogP contribution in [0.3, 0.4) is 0 Å². The van der Waals surface area contributed by atoms with Gasteiger partial charge in [-0.25, -0.2) is 0 Å². The van der Waals surface area contributed by atoms with Gasteiger partial charge >= 0.3 is 23.9 Å². The topological polar surface area (TPSA) is 118 Å². The maximum Gasteiger partial charge on any atom is 0.310 e. The molecule has 0 aliphatic carbocycles. The molecule has 0 amide bonds. The van der Waals surface area contributed by atoms with Crippen molar-refractivity contribution in [3.8, 4) is 0 Å². The summed E-state index contributed by atoms with van der Waals surface area (Å²) in [5.41, 5.74) is 0. The lowest BCUT2D eigenvalue weighted by Crippen LogP contribution is -2.47. The molecule has 0 aromatic heterocycles. The van der Waals surface area contributed by atoms with Gasteiger partial charge in [0.1, 0.15) is 12.7 Å². The largest absolute Gasteiger partial charge is 0.461 e. The van der Waals surface area contributed by atoms with Crippen molar-refractivity contribution in [2.75, 3.05) is 33.4 Å². The van der Waals surface area contributed by atoms with Crippen molar-refractivity contribution in [3.63, 3.8) is 0 Å². The van der Waals surface area contributed by atoms with Crippen LogP contribution in [-0.2, 0) is 42.9 Å². The number of esters is 4. The van der Waals surface area contributed by atoms with Crippen molar-refractivity contribution in [1.82, 2.24) is 4.90 Å². The maximum absolute atomic E-state index is 13.6. The van der Waals surface area contributed by atoms with Gasteiger partial charge in [0.2, 0.25) is 0 Å². The SMILES string of the molecule is CCCCC/C=C\C/C=C\CCCCCCCC(=O)O[C@H]1COC([C@@H](COC(=O)C2CCN(C)C2)OC(=O)CCCCCCC/C=C\C/C=C\CCCCC)[C@@H]1OC(=O)CCCCCCC/C=C\C/C=C\CCCCC. The number of allylic oxidation sites excluding steroid dienone is 12. The molecule has 5 atom stereocenters. The molecular weight excluding hydrogens is 951 g/mol. The van der Waals surface area contributed by atoms with Gasteiger partial charge in [-0.15, -0.1) is 0 Å². The average molecular weight is 1060 g/mol. The molecule has 2 fully saturated rings. The van der Waals surface area contributed by atoms with Crippen LogP contribution in [0.5, 0.6) is 0 Å². The Kier molecular flexibility index (Phi) is 44.5. The van der Waals surface area contributed by atoms with E-state index in [1.54, 1.807) is 0 Å². The molecule has 2 unspecified atom stereocenters. The molecule has 0 saturated carbocycles. The monoisotopic (exact) mass is 1060 g/mol. The van der Waals surface area contributed by atoms with Gasteiger partial charge in [0.25, 0.3) is 0 Å². The first-order chi connectivity index (χ1) is 37.3. The van der Waals surface area contributed by atoms with E-state index in [4.69, 9.17) is 23.7 Å². The van der Waals surface area contributed by atoms with Crippen molar-refractivity contribution >= 4 is 23.9 Å². The first-order valence-electron chi connectivity index (χ1n) is 31.2. The molecule has 0 aromatic rings. The van der Waals surface area contributed by atoms with Crippen LogP contribution in [0.2, 0.25) is 0 Å². The predicted molar refractivity (Wildman–Crippen MR) is 314 cm³/mol. The van der Waals surface area contributed by atoms with Crippen LogP contribution >= 0.6 is 0 Å². The third-order valence-electron chi connectivity index (χ3n) is 14.5. The normalized spacial score (nSPS) is 18.7. The van der Waals surface area contributed by atoms with Crippen LogP contribution in [0.1, 0.15) is 258 Å². The highest BCUT2D eigenvalue weighted by molar-refractivity contribution is 5.73. The number of carbonyl (C=O) groups is 4. The van der Waals surface area contributed by atoms with Crippen LogP contribution in [0, 0.1) is 5.92 Å². The van der Waals surface area contributed by atoms with Crippen molar-refractivity contribution in [3.05, 3.63) is 72.9 Å². The smallest absolute Gasteiger partial charge is 0.310 e. The van der Waals surface area contributed by atoms with E-state index in [1.807, 2.05) is 7.05 Å². The lowest BCUT2D eigenvalue weighted by molar-refractivity contribution is -0.180. The highest BCUT2D eigenvalue weighted by Gasteiger charge is 2.48. The third-order valence-corrected chi connectivity index (χ3v) is 14.5. The summed E-state index contributed by atoms with van der Waals surface area (Å²) < 4.78 is 30.4. The molecule has 2 heterocycles. The predicted octanol–water partition coefficient (Wildman–Crippen LogP) is 17.1. The molecule has 10 nitrogen and oxygen atoms in total. The summed E-state index contributed by atoms with van der Waals surface area (Å²) in [5, 5.41) is 0. The number of hydrogen-bond acceptors (Lipinski definition) is 10. The first kappa shape index (κ1) is 68.3. The van der Waals surface area contributed by atoms with Crippen molar-refractivity contribution in [2.24, 2.45) is 5.92 Å². The minimum absolute atomic E-state index is 0.0272. The maximum atomic E-state index is 13.6. The quantitative estimate of drug-likeness (QED) is 0.0252. The zero-order chi connectivity index (χ0) is 54.8. The fraction of sp³-hybridized carbons (Fsp3) is 0.758. The minimum Gasteiger partial charge on any atom is -0.461 e. The number of nitrogens with zero attached hydrogens (tertiary/aromatic N) is 1. The lowest BCUT2D eigenvalue weighted by Gasteiger charge is -2.29. The molecule has 0 bridgehead atoms. The second-order valence-corrected chi connectivity index (χ2v) is 21.6. The Morgan fingerprint density at radius 2 is 0.868 bits per heavy atom. The van der Waals surface area contributed by atoms with Crippen LogP contribution < -0.4 is 0 Å². The van der Waals surface area contributed by atoms with E-state index in [0.717, 1.165) is 122 Å². The van der Waals surface area contributed by atoms with Gasteiger partial charge in [-0.05, 0) is 136 Å². The summed E-state index contributed by atoms with van der Waals surface area (Å²) in [4.78, 5) is 55.8. The number of unbranched alkanes of at least 4 members (excludes halogenated alkanes) is 24. The molecule has 0 N–H and O–H groups in total. The number of hydrogen-bond donors (Lipinski definition) is 0. The van der Waals surface area contributed by atoms with E-state index < -0.39 is 36.4 Å². The van der Waals surface area contributed by atoms with Crippen molar-refractivity contribution < 1.29 is 42.9 Å². The summed E-state index contributed by atoms with van der Waals surface area (Å²) in [7, 11) is 1.97. The van der Waals surface area contributed by atoms with Gasteiger partial charge in [0.15, 0.2) is 18.3 Å². The molecule has 434 valence electrons. The van der Waals surface area contributed by atoms with E-state index in [9.17, 15) is 19.2 Å². The zero-order valence-corrected chi connectivity index (χ0v) is 48.9. The van der Waals surface area contributed by atoms with Crippen LogP contribution in [-0.4, -0.2) is 86.5 Å². The Bertz CT molecular complexity index is 1630. The van der Waals surface area contributed by atoms with Gasteiger partial charge in [-0.2, -0.15) is 0 Å². The molecule has 76 heavy (non-hydrogen) atoms. The third kappa shape index (κ3) is 37.9. The molecule has 2 rings (SSSR count). The number of ether oxygens (including phenoxy) is 5. The van der Waals surface area contributed by atoms with Gasteiger partial charge in [0.05, 0.1) is 12.5 Å². The fourth-order valence-electron chi connectivity index (χ4n) is 9.68. The van der Waals surface area contributed by atoms with E-state index >= 15 is 0 Å². The Labute approximate surface area is 464 Å². The number of rotatable bonds is 49. The van der Waals surface area contributed by atoms with Gasteiger partial charge in [0, 0.05) is 25.8 Å². The average Bonchev–Trinajstić information content (AvgIpc) is 4.03. The van der Waals surface area contributed by atoms with E-state index in [2.05, 4.69) is 98.6 Å². The summed E-state index contributed by atoms with van der Waals surface area (Å²) in [6.45, 7) is 7.81. The molecule has 0 aromatic carbocycles. The molecule has 2 saturated heterocycles. The number of likely N-dealkylation sites (tertiary alicyclic amines) is 1. The van der Waals surface area contributed by atoms with Gasteiger partial charge in [-0.3, -0.25) is 19.2 Å². The molecule has 10 heteroatoms. The van der Waals surface area contributed by atoms with Crippen LogP contribution in [0.15, 0.2) is 72.9 Å². The molecule has 2 aliphatic heterocycles. The standard InChI is InChI=1S/C66H111NO9/c1-5-8-11-14-17-20-23-26-29-32-35-38-41-44-47-50-61(68)74-59(57-73-66(71)58-53-54-67(4)55-58)64-65(76-63(70)52-49-46-43-40-37-34-31-28-25-22-19-16-13-10-7-3)60(56-72-64)75-62(69)51-48-45-42-39-36-33-30-27-24-21-18-15-12-9-6-2/h17-22,26-31,58-60,64-65H,5-16,23-25,32-57H2,1-4H3/b20-17-,21-18-,22-19-,29-26-,30-27-,31-28-/t58?,59-,60+,64?,65-/m1/s1. The van der Waals surface area contributed by atoms with E-state index in [1.165, 1.54) is 77.0 Å². The van der Waals surface area contributed by atoms with E-state index in [-0.39, 0.29) is 50.3 Å². The second kappa shape index (κ2) is 49.5. The summed E-state index contributed by atoms with van der Waals surface area (Å²) in [6.07, 6.45) is 60.2. The highest BCUT2D eigenvalue weighted by atomic mass is 16.7. The van der Waals surface area contributed by atoms with Crippen LogP contribution in [0.25, 0.3) is 0 Å². The van der Waals surface area contributed by atoms with Gasteiger partial charge < -0.3 is 28.6 Å². The van der Waals surface area contributed by atoms with Gasteiger partial charge in [-0.1, -0.05) is 190 Å². The molecule has 2 aliphatic rings.